The summed E-state index contributed by atoms with van der Waals surface area (Å²) in [7, 11) is 3.38. The highest BCUT2D eigenvalue weighted by molar-refractivity contribution is 5.47. The van der Waals surface area contributed by atoms with Gasteiger partial charge in [-0.1, -0.05) is 13.3 Å². The molecule has 0 aliphatic rings. The molecule has 0 aliphatic heterocycles. The van der Waals surface area contributed by atoms with Crippen molar-refractivity contribution in [2.24, 2.45) is 0 Å². The highest BCUT2D eigenvalue weighted by Crippen LogP contribution is 2.29. The van der Waals surface area contributed by atoms with Crippen molar-refractivity contribution in [3.63, 3.8) is 0 Å². The van der Waals surface area contributed by atoms with Crippen molar-refractivity contribution in [2.45, 2.75) is 26.7 Å². The molecule has 1 aromatic carbocycles. The Morgan fingerprint density at radius 2 is 1.57 bits per heavy atom. The van der Waals surface area contributed by atoms with Gasteiger partial charge in [-0.3, -0.25) is 0 Å². The van der Waals surface area contributed by atoms with Gasteiger partial charge in [0.2, 0.25) is 0 Å². The Hall–Kier alpha value is -1.18. The Morgan fingerprint density at radius 3 is 1.93 bits per heavy atom. The van der Waals surface area contributed by atoms with E-state index in [0.29, 0.717) is 0 Å². The van der Waals surface area contributed by atoms with E-state index in [0.717, 1.165) is 29.9 Å². The lowest BCUT2D eigenvalue weighted by molar-refractivity contribution is 0.388. The van der Waals surface area contributed by atoms with E-state index in [9.17, 15) is 0 Å². The van der Waals surface area contributed by atoms with Crippen LogP contribution in [0.1, 0.15) is 24.5 Å². The van der Waals surface area contributed by atoms with Crippen molar-refractivity contribution in [3.05, 3.63) is 23.3 Å². The molecule has 0 saturated heterocycles. The number of aryl methyl sites for hydroxylation is 1. The summed E-state index contributed by atoms with van der Waals surface area (Å²) in [6.07, 6.45) is 2.20. The maximum atomic E-state index is 5.29. The Bertz CT molecular complexity index is 280. The van der Waals surface area contributed by atoms with Crippen LogP contribution in [0, 0.1) is 6.92 Å². The van der Waals surface area contributed by atoms with Gasteiger partial charge in [0.05, 0.1) is 14.2 Å². The van der Waals surface area contributed by atoms with Crippen molar-refractivity contribution >= 4 is 0 Å². The normalized spacial score (nSPS) is 10.0. The minimum atomic E-state index is 0.910. The number of benzene rings is 1. The van der Waals surface area contributed by atoms with Crippen LogP contribution in [0.4, 0.5) is 0 Å². The zero-order valence-corrected chi connectivity index (χ0v) is 9.39. The van der Waals surface area contributed by atoms with Gasteiger partial charge < -0.3 is 9.47 Å². The van der Waals surface area contributed by atoms with Crippen LogP contribution in [-0.4, -0.2) is 14.2 Å². The molecule has 0 aromatic heterocycles. The average molecular weight is 194 g/mol. The molecule has 2 heteroatoms. The fourth-order valence-electron chi connectivity index (χ4n) is 1.57. The molecule has 2 nitrogen and oxygen atoms in total. The summed E-state index contributed by atoms with van der Waals surface area (Å²) in [5.74, 6) is 1.82. The largest absolute Gasteiger partial charge is 0.496 e. The summed E-state index contributed by atoms with van der Waals surface area (Å²) in [5, 5.41) is 0. The number of rotatable bonds is 4. The van der Waals surface area contributed by atoms with Gasteiger partial charge in [0.25, 0.3) is 0 Å². The molecule has 1 aromatic rings. The molecular weight excluding hydrogens is 176 g/mol. The highest BCUT2D eigenvalue weighted by atomic mass is 16.5. The minimum absolute atomic E-state index is 0.910. The molecule has 0 unspecified atom stereocenters. The van der Waals surface area contributed by atoms with Crippen LogP contribution in [0.25, 0.3) is 0 Å². The van der Waals surface area contributed by atoms with Crippen LogP contribution >= 0.6 is 0 Å². The number of hydrogen-bond donors (Lipinski definition) is 0. The zero-order valence-electron chi connectivity index (χ0n) is 9.39. The molecule has 0 radical (unpaired) electrons. The van der Waals surface area contributed by atoms with Gasteiger partial charge in [0, 0.05) is 5.56 Å². The Labute approximate surface area is 85.8 Å². The van der Waals surface area contributed by atoms with Crippen LogP contribution in [-0.2, 0) is 6.42 Å². The molecule has 0 fully saturated rings. The summed E-state index contributed by atoms with van der Waals surface area (Å²) in [6.45, 7) is 4.17. The molecule has 0 N–H and O–H groups in total. The monoisotopic (exact) mass is 194 g/mol. The van der Waals surface area contributed by atoms with E-state index in [1.54, 1.807) is 14.2 Å². The third-order valence-corrected chi connectivity index (χ3v) is 2.35. The molecule has 14 heavy (non-hydrogen) atoms. The second kappa shape index (κ2) is 4.89. The standard InChI is InChI=1S/C12H18O2/c1-5-6-10-7-11(13-3)9(2)12(8-10)14-4/h7-8H,5-6H2,1-4H3. The number of methoxy groups -OCH3 is 2. The van der Waals surface area contributed by atoms with E-state index in [4.69, 9.17) is 9.47 Å². The Balaban J connectivity index is 3.11. The smallest absolute Gasteiger partial charge is 0.125 e. The molecule has 0 saturated carbocycles. The second-order valence-electron chi connectivity index (χ2n) is 3.38. The average Bonchev–Trinajstić information content (AvgIpc) is 2.20. The van der Waals surface area contributed by atoms with Crippen LogP contribution in [0.3, 0.4) is 0 Å². The summed E-state index contributed by atoms with van der Waals surface area (Å²) in [5.41, 5.74) is 2.33. The van der Waals surface area contributed by atoms with E-state index < -0.39 is 0 Å². The highest BCUT2D eigenvalue weighted by Gasteiger charge is 2.07. The summed E-state index contributed by atoms with van der Waals surface area (Å²) in [4.78, 5) is 0. The van der Waals surface area contributed by atoms with Crippen LogP contribution in [0.2, 0.25) is 0 Å². The summed E-state index contributed by atoms with van der Waals surface area (Å²) in [6, 6.07) is 4.17. The van der Waals surface area contributed by atoms with Gasteiger partial charge >= 0.3 is 0 Å². The topological polar surface area (TPSA) is 18.5 Å². The first-order chi connectivity index (χ1) is 6.72. The van der Waals surface area contributed by atoms with Gasteiger partial charge in [-0.05, 0) is 31.0 Å². The Kier molecular flexibility index (Phi) is 3.81. The minimum Gasteiger partial charge on any atom is -0.496 e. The fourth-order valence-corrected chi connectivity index (χ4v) is 1.57. The third-order valence-electron chi connectivity index (χ3n) is 2.35. The molecule has 0 heterocycles. The van der Waals surface area contributed by atoms with Crippen molar-refractivity contribution < 1.29 is 9.47 Å². The van der Waals surface area contributed by atoms with Gasteiger partial charge in [-0.15, -0.1) is 0 Å². The molecule has 0 aliphatic carbocycles. The van der Waals surface area contributed by atoms with Crippen LogP contribution in [0.15, 0.2) is 12.1 Å². The summed E-state index contributed by atoms with van der Waals surface area (Å²) >= 11 is 0. The summed E-state index contributed by atoms with van der Waals surface area (Å²) < 4.78 is 10.6. The Morgan fingerprint density at radius 1 is 1.07 bits per heavy atom. The van der Waals surface area contributed by atoms with Crippen molar-refractivity contribution in [1.82, 2.24) is 0 Å². The molecule has 78 valence electrons. The molecule has 0 spiro atoms. The number of ether oxygens (including phenoxy) is 2. The first-order valence-corrected chi connectivity index (χ1v) is 4.94. The van der Waals surface area contributed by atoms with Crippen molar-refractivity contribution in [2.75, 3.05) is 14.2 Å². The van der Waals surface area contributed by atoms with Crippen molar-refractivity contribution in [3.8, 4) is 11.5 Å². The predicted octanol–water partition coefficient (Wildman–Crippen LogP) is 2.96. The number of hydrogen-bond acceptors (Lipinski definition) is 2. The zero-order chi connectivity index (χ0) is 10.6. The molecule has 1 rings (SSSR count). The maximum absolute atomic E-state index is 5.29. The molecule has 0 amide bonds. The lowest BCUT2D eigenvalue weighted by atomic mass is 10.1. The van der Waals surface area contributed by atoms with Crippen LogP contribution < -0.4 is 9.47 Å². The van der Waals surface area contributed by atoms with Gasteiger partial charge in [-0.25, -0.2) is 0 Å². The maximum Gasteiger partial charge on any atom is 0.125 e. The van der Waals surface area contributed by atoms with E-state index in [1.807, 2.05) is 6.92 Å². The molecule has 0 bridgehead atoms. The lowest BCUT2D eigenvalue weighted by Gasteiger charge is -2.12. The third kappa shape index (κ3) is 2.19. The van der Waals surface area contributed by atoms with Gasteiger partial charge in [0.15, 0.2) is 0 Å². The van der Waals surface area contributed by atoms with E-state index in [2.05, 4.69) is 19.1 Å². The SMILES string of the molecule is CCCc1cc(OC)c(C)c(OC)c1. The predicted molar refractivity (Wildman–Crippen MR) is 58.3 cm³/mol. The van der Waals surface area contributed by atoms with Crippen molar-refractivity contribution in [1.29, 1.82) is 0 Å². The first kappa shape index (κ1) is 10.9. The first-order valence-electron chi connectivity index (χ1n) is 4.94. The second-order valence-corrected chi connectivity index (χ2v) is 3.38. The molecular formula is C12H18O2. The van der Waals surface area contributed by atoms with E-state index in [1.165, 1.54) is 5.56 Å². The lowest BCUT2D eigenvalue weighted by Crippen LogP contribution is -1.95. The van der Waals surface area contributed by atoms with Gasteiger partial charge in [0.1, 0.15) is 11.5 Å². The van der Waals surface area contributed by atoms with E-state index >= 15 is 0 Å². The van der Waals surface area contributed by atoms with Crippen LogP contribution in [0.5, 0.6) is 11.5 Å². The van der Waals surface area contributed by atoms with Gasteiger partial charge in [-0.2, -0.15) is 0 Å². The molecule has 0 atom stereocenters. The quantitative estimate of drug-likeness (QED) is 0.733. The van der Waals surface area contributed by atoms with E-state index in [-0.39, 0.29) is 0 Å². The fraction of sp³-hybridized carbons (Fsp3) is 0.500.